The summed E-state index contributed by atoms with van der Waals surface area (Å²) in [5.41, 5.74) is 0.611. The molecular weight excluding hydrogens is 308 g/mol. The van der Waals surface area contributed by atoms with Crippen molar-refractivity contribution in [3.8, 4) is 6.01 Å². The Labute approximate surface area is 154 Å². The molecule has 25 heavy (non-hydrogen) atoms. The van der Waals surface area contributed by atoms with E-state index in [2.05, 4.69) is 23.8 Å². The topological polar surface area (TPSA) is 35.0 Å². The first-order valence-electron chi connectivity index (χ1n) is 10.7. The minimum absolute atomic E-state index is 0.538. The van der Waals surface area contributed by atoms with E-state index in [-0.39, 0.29) is 0 Å². The Morgan fingerprint density at radius 1 is 1.04 bits per heavy atom. The molecular formula is C22H36N2O. The molecule has 2 fully saturated rings. The van der Waals surface area contributed by atoms with E-state index in [1.54, 1.807) is 12.4 Å². The zero-order valence-corrected chi connectivity index (χ0v) is 16.3. The molecule has 0 amide bonds. The molecule has 140 valence electrons. The second-order valence-electron chi connectivity index (χ2n) is 8.34. The van der Waals surface area contributed by atoms with Crippen molar-refractivity contribution in [1.82, 2.24) is 9.97 Å². The quantitative estimate of drug-likeness (QED) is 0.604. The maximum Gasteiger partial charge on any atom is 0.316 e. The Morgan fingerprint density at radius 3 is 2.44 bits per heavy atom. The van der Waals surface area contributed by atoms with Gasteiger partial charge in [0.25, 0.3) is 0 Å². The second-order valence-corrected chi connectivity index (χ2v) is 8.34. The van der Waals surface area contributed by atoms with Crippen LogP contribution in [0.5, 0.6) is 6.01 Å². The third kappa shape index (κ3) is 4.35. The van der Waals surface area contributed by atoms with Crippen LogP contribution in [0.4, 0.5) is 0 Å². The van der Waals surface area contributed by atoms with Crippen LogP contribution >= 0.6 is 0 Å². The number of hydrogen-bond acceptors (Lipinski definition) is 3. The summed E-state index contributed by atoms with van der Waals surface area (Å²) < 4.78 is 5.99. The largest absolute Gasteiger partial charge is 0.463 e. The average molecular weight is 345 g/mol. The maximum absolute atomic E-state index is 5.99. The van der Waals surface area contributed by atoms with E-state index in [1.807, 2.05) is 6.07 Å². The molecule has 3 rings (SSSR count). The average Bonchev–Trinajstić information content (AvgIpc) is 2.70. The number of ether oxygens (including phenoxy) is 1. The molecule has 1 heterocycles. The van der Waals surface area contributed by atoms with E-state index in [4.69, 9.17) is 4.74 Å². The minimum atomic E-state index is 0.538. The third-order valence-electron chi connectivity index (χ3n) is 7.26. The molecule has 0 aliphatic heterocycles. The molecule has 0 N–H and O–H groups in total. The standard InChI is InChI=1S/C22H36N2O/c1-3-18(17-25-21-23-15-10-16-24-21)19-11-6-7-12-20(19)22(4-2)13-8-5-9-14-22/h10,15-16,18-20H,3-9,11-14,17H2,1-2H3/t18?,19-,20+/m1/s1. The van der Waals surface area contributed by atoms with Gasteiger partial charge in [0.05, 0.1) is 6.61 Å². The number of rotatable bonds is 7. The molecule has 0 spiro atoms. The number of hydrogen-bond donors (Lipinski definition) is 0. The van der Waals surface area contributed by atoms with Crippen molar-refractivity contribution >= 4 is 0 Å². The predicted molar refractivity (Wildman–Crippen MR) is 103 cm³/mol. The van der Waals surface area contributed by atoms with Crippen LogP contribution in [0.3, 0.4) is 0 Å². The smallest absolute Gasteiger partial charge is 0.316 e. The van der Waals surface area contributed by atoms with Gasteiger partial charge in [-0.05, 0) is 61.3 Å². The van der Waals surface area contributed by atoms with Crippen molar-refractivity contribution < 1.29 is 4.74 Å². The fraction of sp³-hybridized carbons (Fsp3) is 0.818. The molecule has 3 nitrogen and oxygen atoms in total. The van der Waals surface area contributed by atoms with Gasteiger partial charge in [0, 0.05) is 12.4 Å². The van der Waals surface area contributed by atoms with Crippen molar-refractivity contribution in [2.45, 2.75) is 84.5 Å². The lowest BCUT2D eigenvalue weighted by molar-refractivity contribution is -0.0129. The Hall–Kier alpha value is -1.12. The van der Waals surface area contributed by atoms with Crippen molar-refractivity contribution in [3.63, 3.8) is 0 Å². The van der Waals surface area contributed by atoms with Crippen molar-refractivity contribution in [2.24, 2.45) is 23.2 Å². The number of aromatic nitrogens is 2. The maximum atomic E-state index is 5.99. The van der Waals surface area contributed by atoms with Gasteiger partial charge in [-0.25, -0.2) is 9.97 Å². The van der Waals surface area contributed by atoms with Crippen LogP contribution in [0.2, 0.25) is 0 Å². The van der Waals surface area contributed by atoms with Gasteiger partial charge in [0.2, 0.25) is 0 Å². The molecule has 0 radical (unpaired) electrons. The van der Waals surface area contributed by atoms with E-state index in [1.165, 1.54) is 70.6 Å². The summed E-state index contributed by atoms with van der Waals surface area (Å²) in [7, 11) is 0. The summed E-state index contributed by atoms with van der Waals surface area (Å²) >= 11 is 0. The van der Waals surface area contributed by atoms with E-state index in [9.17, 15) is 0 Å². The molecule has 1 aromatic rings. The highest BCUT2D eigenvalue weighted by Gasteiger charge is 2.44. The van der Waals surface area contributed by atoms with Crippen LogP contribution < -0.4 is 4.74 Å². The summed E-state index contributed by atoms with van der Waals surface area (Å²) in [6.07, 6.45) is 19.0. The molecule has 2 aliphatic carbocycles. The van der Waals surface area contributed by atoms with Crippen LogP contribution in [-0.2, 0) is 0 Å². The van der Waals surface area contributed by atoms with Crippen LogP contribution in [-0.4, -0.2) is 16.6 Å². The highest BCUT2D eigenvalue weighted by molar-refractivity contribution is 4.96. The summed E-state index contributed by atoms with van der Waals surface area (Å²) in [6, 6.07) is 2.38. The molecule has 0 saturated heterocycles. The molecule has 3 heteroatoms. The Kier molecular flexibility index (Phi) is 6.72. The molecule has 0 aromatic carbocycles. The van der Waals surface area contributed by atoms with Gasteiger partial charge in [0.15, 0.2) is 0 Å². The lowest BCUT2D eigenvalue weighted by atomic mass is 9.55. The zero-order chi connectivity index (χ0) is 17.5. The van der Waals surface area contributed by atoms with Gasteiger partial charge in [-0.15, -0.1) is 0 Å². The van der Waals surface area contributed by atoms with Crippen molar-refractivity contribution in [2.75, 3.05) is 6.61 Å². The molecule has 2 saturated carbocycles. The number of nitrogens with zero attached hydrogens (tertiary/aromatic N) is 2. The molecule has 2 aliphatic rings. The summed E-state index contributed by atoms with van der Waals surface area (Å²) in [6.45, 7) is 5.57. The summed E-state index contributed by atoms with van der Waals surface area (Å²) in [4.78, 5) is 8.47. The molecule has 1 unspecified atom stereocenters. The highest BCUT2D eigenvalue weighted by atomic mass is 16.5. The fourth-order valence-corrected chi connectivity index (χ4v) is 5.81. The van der Waals surface area contributed by atoms with E-state index < -0.39 is 0 Å². The first kappa shape index (κ1) is 18.7. The first-order valence-corrected chi connectivity index (χ1v) is 10.7. The fourth-order valence-electron chi connectivity index (χ4n) is 5.81. The summed E-state index contributed by atoms with van der Waals surface area (Å²) in [5.74, 6) is 2.36. The van der Waals surface area contributed by atoms with Crippen LogP contribution in [0.25, 0.3) is 0 Å². The lowest BCUT2D eigenvalue weighted by Crippen LogP contribution is -2.42. The SMILES string of the molecule is CCC(COc1ncccn1)[C@H]1CCCC[C@@H]1C1(CC)CCCCC1. The van der Waals surface area contributed by atoms with E-state index in [0.29, 0.717) is 17.3 Å². The van der Waals surface area contributed by atoms with Gasteiger partial charge in [0.1, 0.15) is 0 Å². The monoisotopic (exact) mass is 344 g/mol. The summed E-state index contributed by atoms with van der Waals surface area (Å²) in [5, 5.41) is 0. The van der Waals surface area contributed by atoms with Crippen LogP contribution in [0.1, 0.15) is 84.5 Å². The van der Waals surface area contributed by atoms with Crippen LogP contribution in [0.15, 0.2) is 18.5 Å². The Bertz CT molecular complexity index is 498. The second kappa shape index (κ2) is 9.00. The molecule has 1 aromatic heterocycles. The lowest BCUT2D eigenvalue weighted by Gasteiger charge is -2.50. The van der Waals surface area contributed by atoms with Gasteiger partial charge >= 0.3 is 6.01 Å². The predicted octanol–water partition coefficient (Wildman–Crippen LogP) is 6.05. The van der Waals surface area contributed by atoms with E-state index >= 15 is 0 Å². The first-order chi connectivity index (χ1) is 12.3. The van der Waals surface area contributed by atoms with Crippen LogP contribution in [0, 0.1) is 23.2 Å². The van der Waals surface area contributed by atoms with Gasteiger partial charge < -0.3 is 4.74 Å². The third-order valence-corrected chi connectivity index (χ3v) is 7.26. The van der Waals surface area contributed by atoms with E-state index in [0.717, 1.165) is 18.4 Å². The Balaban J connectivity index is 1.71. The molecule has 3 atom stereocenters. The van der Waals surface area contributed by atoms with Crippen molar-refractivity contribution in [1.29, 1.82) is 0 Å². The normalized spacial score (nSPS) is 27.6. The Morgan fingerprint density at radius 2 is 1.76 bits per heavy atom. The zero-order valence-electron chi connectivity index (χ0n) is 16.3. The van der Waals surface area contributed by atoms with Crippen molar-refractivity contribution in [3.05, 3.63) is 18.5 Å². The minimum Gasteiger partial charge on any atom is -0.463 e. The molecule has 0 bridgehead atoms. The van der Waals surface area contributed by atoms with Gasteiger partial charge in [-0.3, -0.25) is 0 Å². The highest BCUT2D eigenvalue weighted by Crippen LogP contribution is 2.54. The van der Waals surface area contributed by atoms with Gasteiger partial charge in [-0.2, -0.15) is 0 Å². The van der Waals surface area contributed by atoms with Gasteiger partial charge in [-0.1, -0.05) is 52.4 Å².